The summed E-state index contributed by atoms with van der Waals surface area (Å²) in [5.74, 6) is 0.211. The Morgan fingerprint density at radius 2 is 1.89 bits per heavy atom. The van der Waals surface area contributed by atoms with Crippen LogP contribution in [0.3, 0.4) is 0 Å². The van der Waals surface area contributed by atoms with Crippen LogP contribution < -0.4 is 5.32 Å². The van der Waals surface area contributed by atoms with Gasteiger partial charge in [0.05, 0.1) is 0 Å². The van der Waals surface area contributed by atoms with Crippen LogP contribution in [0.1, 0.15) is 51.2 Å². The van der Waals surface area contributed by atoms with E-state index in [2.05, 4.69) is 50.4 Å². The van der Waals surface area contributed by atoms with Crippen LogP contribution in [-0.4, -0.2) is 11.9 Å². The molecule has 1 atom stereocenters. The molecular weight excluding hydrogens is 222 g/mol. The van der Waals surface area contributed by atoms with Crippen molar-refractivity contribution in [2.75, 3.05) is 0 Å². The van der Waals surface area contributed by atoms with Crippen molar-refractivity contribution in [3.63, 3.8) is 0 Å². The van der Waals surface area contributed by atoms with Crippen LogP contribution in [0, 0.1) is 0 Å². The zero-order chi connectivity index (χ0) is 13.2. The van der Waals surface area contributed by atoms with Gasteiger partial charge in [-0.05, 0) is 35.8 Å². The first-order valence-electron chi connectivity index (χ1n) is 6.84. The lowest BCUT2D eigenvalue weighted by Gasteiger charge is -2.19. The van der Waals surface area contributed by atoms with Gasteiger partial charge in [0.2, 0.25) is 5.91 Å². The number of carbonyl (C=O) groups is 1. The van der Waals surface area contributed by atoms with E-state index in [1.807, 2.05) is 0 Å². The number of benzene rings is 1. The molecule has 0 radical (unpaired) electrons. The van der Waals surface area contributed by atoms with Crippen LogP contribution in [-0.2, 0) is 16.6 Å². The summed E-state index contributed by atoms with van der Waals surface area (Å²) < 4.78 is 0. The van der Waals surface area contributed by atoms with Gasteiger partial charge in [-0.1, -0.05) is 45.0 Å². The van der Waals surface area contributed by atoms with Gasteiger partial charge < -0.3 is 5.32 Å². The van der Waals surface area contributed by atoms with Crippen LogP contribution in [0.4, 0.5) is 0 Å². The molecule has 98 valence electrons. The standard InChI is InChI=1S/C16H23NO/c1-16(2,3)13-7-4-12(5-8-13)6-9-14-10-11-15(18)17-14/h4-5,7-8,14H,6,9-11H2,1-3H3,(H,17,18)/t14-/m0/s1. The minimum Gasteiger partial charge on any atom is -0.353 e. The quantitative estimate of drug-likeness (QED) is 0.870. The van der Waals surface area contributed by atoms with Crippen molar-refractivity contribution < 1.29 is 4.79 Å². The molecule has 1 aromatic rings. The Labute approximate surface area is 110 Å². The number of rotatable bonds is 3. The summed E-state index contributed by atoms with van der Waals surface area (Å²) in [7, 11) is 0. The molecule has 2 nitrogen and oxygen atoms in total. The van der Waals surface area contributed by atoms with E-state index in [0.29, 0.717) is 12.5 Å². The number of aryl methyl sites for hydroxylation is 1. The first-order chi connectivity index (χ1) is 8.45. The molecular formula is C16H23NO. The maximum Gasteiger partial charge on any atom is 0.220 e. The van der Waals surface area contributed by atoms with Gasteiger partial charge in [-0.3, -0.25) is 4.79 Å². The van der Waals surface area contributed by atoms with Gasteiger partial charge in [0.1, 0.15) is 0 Å². The smallest absolute Gasteiger partial charge is 0.220 e. The lowest BCUT2D eigenvalue weighted by atomic mass is 9.86. The monoisotopic (exact) mass is 245 g/mol. The van der Waals surface area contributed by atoms with Crippen molar-refractivity contribution in [1.29, 1.82) is 0 Å². The summed E-state index contributed by atoms with van der Waals surface area (Å²) in [4.78, 5) is 11.1. The molecule has 1 aromatic carbocycles. The van der Waals surface area contributed by atoms with E-state index >= 15 is 0 Å². The highest BCUT2D eigenvalue weighted by molar-refractivity contribution is 5.78. The predicted octanol–water partition coefficient (Wildman–Crippen LogP) is 3.20. The summed E-state index contributed by atoms with van der Waals surface area (Å²) in [5.41, 5.74) is 2.96. The van der Waals surface area contributed by atoms with Crippen molar-refractivity contribution in [1.82, 2.24) is 5.32 Å². The average Bonchev–Trinajstić information content (AvgIpc) is 2.72. The number of carbonyl (C=O) groups excluding carboxylic acids is 1. The third-order valence-corrected chi connectivity index (χ3v) is 3.69. The topological polar surface area (TPSA) is 29.1 Å². The largest absolute Gasteiger partial charge is 0.353 e. The highest BCUT2D eigenvalue weighted by Crippen LogP contribution is 2.23. The van der Waals surface area contributed by atoms with Crippen LogP contribution in [0.5, 0.6) is 0 Å². The molecule has 0 spiro atoms. The predicted molar refractivity (Wildman–Crippen MR) is 74.6 cm³/mol. The maximum atomic E-state index is 11.1. The maximum absolute atomic E-state index is 11.1. The highest BCUT2D eigenvalue weighted by Gasteiger charge is 2.20. The summed E-state index contributed by atoms with van der Waals surface area (Å²) in [5, 5.41) is 3.02. The third-order valence-electron chi connectivity index (χ3n) is 3.69. The highest BCUT2D eigenvalue weighted by atomic mass is 16.1. The lowest BCUT2D eigenvalue weighted by molar-refractivity contribution is -0.119. The van der Waals surface area contributed by atoms with Crippen molar-refractivity contribution in [3.05, 3.63) is 35.4 Å². The molecule has 1 aliphatic rings. The zero-order valence-electron chi connectivity index (χ0n) is 11.6. The summed E-state index contributed by atoms with van der Waals surface area (Å²) in [6.07, 6.45) is 3.81. The molecule has 1 saturated heterocycles. The van der Waals surface area contributed by atoms with Crippen molar-refractivity contribution >= 4 is 5.91 Å². The fourth-order valence-corrected chi connectivity index (χ4v) is 2.41. The molecule has 2 heteroatoms. The molecule has 18 heavy (non-hydrogen) atoms. The Kier molecular flexibility index (Phi) is 3.74. The second kappa shape index (κ2) is 5.13. The minimum absolute atomic E-state index is 0.211. The lowest BCUT2D eigenvalue weighted by Crippen LogP contribution is -2.25. The summed E-state index contributed by atoms with van der Waals surface area (Å²) in [6.45, 7) is 6.70. The first-order valence-corrected chi connectivity index (χ1v) is 6.84. The Morgan fingerprint density at radius 1 is 1.22 bits per heavy atom. The van der Waals surface area contributed by atoms with Gasteiger partial charge in [-0.15, -0.1) is 0 Å². The van der Waals surface area contributed by atoms with E-state index in [4.69, 9.17) is 0 Å². The van der Waals surface area contributed by atoms with Crippen LogP contribution in [0.2, 0.25) is 0 Å². The van der Waals surface area contributed by atoms with E-state index in [9.17, 15) is 4.79 Å². The molecule has 1 heterocycles. The van der Waals surface area contributed by atoms with Crippen LogP contribution in [0.15, 0.2) is 24.3 Å². The van der Waals surface area contributed by atoms with Gasteiger partial charge in [0.25, 0.3) is 0 Å². The first kappa shape index (κ1) is 13.1. The average molecular weight is 245 g/mol. The Balaban J connectivity index is 1.89. The summed E-state index contributed by atoms with van der Waals surface area (Å²) in [6, 6.07) is 9.28. The van der Waals surface area contributed by atoms with Gasteiger partial charge in [0.15, 0.2) is 0 Å². The molecule has 0 saturated carbocycles. The van der Waals surface area contributed by atoms with Crippen LogP contribution in [0.25, 0.3) is 0 Å². The van der Waals surface area contributed by atoms with E-state index in [1.165, 1.54) is 11.1 Å². The zero-order valence-corrected chi connectivity index (χ0v) is 11.6. The Morgan fingerprint density at radius 3 is 2.39 bits per heavy atom. The molecule has 0 aromatic heterocycles. The number of hydrogen-bond donors (Lipinski definition) is 1. The van der Waals surface area contributed by atoms with Gasteiger partial charge >= 0.3 is 0 Å². The van der Waals surface area contributed by atoms with Crippen molar-refractivity contribution in [2.24, 2.45) is 0 Å². The SMILES string of the molecule is CC(C)(C)c1ccc(CC[C@H]2CCC(=O)N2)cc1. The van der Waals surface area contributed by atoms with Gasteiger partial charge in [-0.25, -0.2) is 0 Å². The molecule has 1 N–H and O–H groups in total. The Hall–Kier alpha value is -1.31. The number of amides is 1. The second-order valence-corrected chi connectivity index (χ2v) is 6.29. The minimum atomic E-state index is 0.211. The van der Waals surface area contributed by atoms with E-state index < -0.39 is 0 Å². The van der Waals surface area contributed by atoms with Gasteiger partial charge in [0, 0.05) is 12.5 Å². The molecule has 1 amide bonds. The number of hydrogen-bond acceptors (Lipinski definition) is 1. The molecule has 0 unspecified atom stereocenters. The Bertz CT molecular complexity index is 414. The number of nitrogens with one attached hydrogen (secondary N) is 1. The summed E-state index contributed by atoms with van der Waals surface area (Å²) >= 11 is 0. The van der Waals surface area contributed by atoms with Gasteiger partial charge in [-0.2, -0.15) is 0 Å². The molecule has 2 rings (SSSR count). The fourth-order valence-electron chi connectivity index (χ4n) is 2.41. The third kappa shape index (κ3) is 3.34. The molecule has 0 aliphatic carbocycles. The molecule has 0 bridgehead atoms. The van der Waals surface area contributed by atoms with E-state index in [0.717, 1.165) is 19.3 Å². The van der Waals surface area contributed by atoms with Crippen molar-refractivity contribution in [2.45, 2.75) is 57.9 Å². The fraction of sp³-hybridized carbons (Fsp3) is 0.562. The van der Waals surface area contributed by atoms with Crippen LogP contribution >= 0.6 is 0 Å². The normalized spacial score (nSPS) is 19.9. The second-order valence-electron chi connectivity index (χ2n) is 6.29. The van der Waals surface area contributed by atoms with E-state index in [1.54, 1.807) is 0 Å². The van der Waals surface area contributed by atoms with Crippen molar-refractivity contribution in [3.8, 4) is 0 Å². The van der Waals surface area contributed by atoms with E-state index in [-0.39, 0.29) is 11.3 Å². The molecule has 1 aliphatic heterocycles. The molecule has 1 fully saturated rings.